The minimum Gasteiger partial charge on any atom is -0.493 e. The van der Waals surface area contributed by atoms with Gasteiger partial charge >= 0.3 is 0 Å². The fraction of sp³-hybridized carbons (Fsp3) is 0.571. The molecule has 0 aliphatic carbocycles. The van der Waals surface area contributed by atoms with Crippen LogP contribution in [0.1, 0.15) is 70.9 Å². The SMILES string of the molecule is CC.[HH].[HH].c1cc2c(c(C3CCNCC3)c1)CCO2.c1ccc2c(c1)OCC2C1CCNCC1. The van der Waals surface area contributed by atoms with Crippen LogP contribution in [-0.2, 0) is 6.42 Å². The maximum absolute atomic E-state index is 5.74. The van der Waals surface area contributed by atoms with Crippen LogP contribution in [0.2, 0.25) is 0 Å². The van der Waals surface area contributed by atoms with Gasteiger partial charge in [-0.25, -0.2) is 0 Å². The van der Waals surface area contributed by atoms with Crippen molar-refractivity contribution in [1.29, 1.82) is 0 Å². The van der Waals surface area contributed by atoms with E-state index in [2.05, 4.69) is 53.1 Å². The molecule has 4 nitrogen and oxygen atoms in total. The number of ether oxygens (including phenoxy) is 2. The number of para-hydroxylation sites is 1. The molecule has 0 radical (unpaired) electrons. The molecule has 4 heterocycles. The summed E-state index contributed by atoms with van der Waals surface area (Å²) in [4.78, 5) is 0. The molecule has 1 atom stereocenters. The van der Waals surface area contributed by atoms with E-state index >= 15 is 0 Å². The van der Waals surface area contributed by atoms with Gasteiger partial charge in [0.15, 0.2) is 0 Å². The normalized spacial score (nSPS) is 22.2. The molecule has 0 spiro atoms. The number of rotatable bonds is 2. The summed E-state index contributed by atoms with van der Waals surface area (Å²) in [5.74, 6) is 4.45. The summed E-state index contributed by atoms with van der Waals surface area (Å²) in [7, 11) is 0. The zero-order valence-electron chi connectivity index (χ0n) is 19.9. The van der Waals surface area contributed by atoms with Gasteiger partial charge in [-0.15, -0.1) is 0 Å². The lowest BCUT2D eigenvalue weighted by molar-refractivity contribution is 0.254. The molecule has 178 valence electrons. The highest BCUT2D eigenvalue weighted by Crippen LogP contribution is 2.41. The highest BCUT2D eigenvalue weighted by atomic mass is 16.5. The van der Waals surface area contributed by atoms with Crippen LogP contribution in [0.3, 0.4) is 0 Å². The molecule has 4 heteroatoms. The Morgan fingerprint density at radius 2 is 1.41 bits per heavy atom. The summed E-state index contributed by atoms with van der Waals surface area (Å²) in [6, 6.07) is 15.1. The van der Waals surface area contributed by atoms with Gasteiger partial charge in [-0.1, -0.05) is 44.2 Å². The number of piperidine rings is 2. The first-order valence-electron chi connectivity index (χ1n) is 12.8. The van der Waals surface area contributed by atoms with Crippen LogP contribution in [-0.4, -0.2) is 39.4 Å². The van der Waals surface area contributed by atoms with E-state index < -0.39 is 0 Å². The second-order valence-electron chi connectivity index (χ2n) is 8.99. The number of fused-ring (bicyclic) bond motifs is 2. The van der Waals surface area contributed by atoms with Crippen molar-refractivity contribution in [2.75, 3.05) is 39.4 Å². The lowest BCUT2D eigenvalue weighted by Crippen LogP contribution is -2.31. The van der Waals surface area contributed by atoms with Gasteiger partial charge in [-0.05, 0) is 81.4 Å². The molecule has 1 unspecified atom stereocenters. The van der Waals surface area contributed by atoms with Crippen LogP contribution in [0.15, 0.2) is 42.5 Å². The lowest BCUT2D eigenvalue weighted by atomic mass is 9.82. The highest BCUT2D eigenvalue weighted by Gasteiger charge is 2.31. The Bertz CT molecular complexity index is 852. The summed E-state index contributed by atoms with van der Waals surface area (Å²) < 4.78 is 11.4. The molecule has 32 heavy (non-hydrogen) atoms. The quantitative estimate of drug-likeness (QED) is 0.622. The first-order chi connectivity index (χ1) is 15.9. The second kappa shape index (κ2) is 11.7. The molecule has 2 fully saturated rings. The van der Waals surface area contributed by atoms with Crippen molar-refractivity contribution in [3.8, 4) is 11.5 Å². The summed E-state index contributed by atoms with van der Waals surface area (Å²) in [5, 5.41) is 6.84. The van der Waals surface area contributed by atoms with E-state index in [1.54, 1.807) is 5.56 Å². The average Bonchev–Trinajstić information content (AvgIpc) is 3.54. The minimum absolute atomic E-state index is 0. The molecule has 0 aromatic heterocycles. The largest absolute Gasteiger partial charge is 0.493 e. The van der Waals surface area contributed by atoms with Gasteiger partial charge in [-0.2, -0.15) is 0 Å². The van der Waals surface area contributed by atoms with Crippen molar-refractivity contribution < 1.29 is 12.3 Å². The Hall–Kier alpha value is -2.04. The summed E-state index contributed by atoms with van der Waals surface area (Å²) in [6.45, 7) is 10.4. The molecular weight excluding hydrogens is 396 g/mol. The van der Waals surface area contributed by atoms with E-state index in [-0.39, 0.29) is 2.85 Å². The molecule has 0 bridgehead atoms. The molecule has 4 aliphatic heterocycles. The summed E-state index contributed by atoms with van der Waals surface area (Å²) in [6.07, 6.45) is 6.24. The molecular formula is C28H44N2O2. The summed E-state index contributed by atoms with van der Waals surface area (Å²) in [5.41, 5.74) is 4.46. The highest BCUT2D eigenvalue weighted by molar-refractivity contribution is 5.44. The van der Waals surface area contributed by atoms with Crippen LogP contribution >= 0.6 is 0 Å². The van der Waals surface area contributed by atoms with Crippen LogP contribution in [0.25, 0.3) is 0 Å². The van der Waals surface area contributed by atoms with Gasteiger partial charge in [0.05, 0.1) is 13.2 Å². The zero-order valence-corrected chi connectivity index (χ0v) is 19.9. The van der Waals surface area contributed by atoms with E-state index in [1.165, 1.54) is 49.9 Å². The zero-order chi connectivity index (χ0) is 22.2. The second-order valence-corrected chi connectivity index (χ2v) is 8.99. The maximum atomic E-state index is 5.74. The van der Waals surface area contributed by atoms with Crippen molar-refractivity contribution >= 4 is 0 Å². The Labute approximate surface area is 197 Å². The van der Waals surface area contributed by atoms with Gasteiger partial charge in [0.2, 0.25) is 0 Å². The summed E-state index contributed by atoms with van der Waals surface area (Å²) >= 11 is 0. The minimum atomic E-state index is 0. The fourth-order valence-electron chi connectivity index (χ4n) is 5.59. The van der Waals surface area contributed by atoms with Crippen molar-refractivity contribution in [1.82, 2.24) is 10.6 Å². The number of hydrogen-bond donors (Lipinski definition) is 2. The van der Waals surface area contributed by atoms with Crippen molar-refractivity contribution in [3.63, 3.8) is 0 Å². The molecule has 6 rings (SSSR count). The van der Waals surface area contributed by atoms with Crippen LogP contribution < -0.4 is 20.1 Å². The Morgan fingerprint density at radius 3 is 2.19 bits per heavy atom. The Kier molecular flexibility index (Phi) is 8.47. The van der Waals surface area contributed by atoms with Crippen molar-refractivity contribution in [2.45, 2.75) is 57.8 Å². The standard InChI is InChI=1S/2C13H17NO.C2H6.2H2/c1-2-11(10-4-7-14-8-5-10)12-6-9-15-13(12)3-1;1-2-4-13-11(3-1)12(9-15-13)10-5-7-14-8-6-10;1-2;;/h1-3,10,14H,4-9H2;1-4,10,12,14H,5-9H2;1-2H3;2*1H. The molecule has 2 N–H and O–H groups in total. The van der Waals surface area contributed by atoms with Crippen LogP contribution in [0.5, 0.6) is 11.5 Å². The van der Waals surface area contributed by atoms with E-state index in [4.69, 9.17) is 9.47 Å². The third-order valence-electron chi connectivity index (χ3n) is 7.25. The maximum Gasteiger partial charge on any atom is 0.122 e. The lowest BCUT2D eigenvalue weighted by Gasteiger charge is -2.27. The molecule has 0 saturated carbocycles. The Balaban J connectivity index is 0.000000212. The van der Waals surface area contributed by atoms with Gasteiger partial charge < -0.3 is 20.1 Å². The number of nitrogens with one attached hydrogen (secondary N) is 2. The van der Waals surface area contributed by atoms with Gasteiger partial charge in [0, 0.05) is 26.3 Å². The fourth-order valence-corrected chi connectivity index (χ4v) is 5.59. The number of benzene rings is 2. The average molecular weight is 441 g/mol. The molecule has 2 aromatic rings. The monoisotopic (exact) mass is 440 g/mol. The van der Waals surface area contributed by atoms with Crippen molar-refractivity contribution in [3.05, 3.63) is 59.2 Å². The first-order valence-corrected chi connectivity index (χ1v) is 12.8. The van der Waals surface area contributed by atoms with Gasteiger partial charge in [0.1, 0.15) is 11.5 Å². The van der Waals surface area contributed by atoms with E-state index in [0.29, 0.717) is 5.92 Å². The predicted molar refractivity (Wildman–Crippen MR) is 136 cm³/mol. The number of hydrogen-bond acceptors (Lipinski definition) is 4. The third-order valence-corrected chi connectivity index (χ3v) is 7.25. The molecule has 2 saturated heterocycles. The predicted octanol–water partition coefficient (Wildman–Crippen LogP) is 5.77. The first kappa shape index (κ1) is 23.1. The Morgan fingerprint density at radius 1 is 0.750 bits per heavy atom. The van der Waals surface area contributed by atoms with Gasteiger partial charge in [-0.3, -0.25) is 0 Å². The third kappa shape index (κ3) is 5.29. The van der Waals surface area contributed by atoms with E-state index in [9.17, 15) is 0 Å². The molecule has 4 aliphatic rings. The van der Waals surface area contributed by atoms with Crippen molar-refractivity contribution in [2.24, 2.45) is 5.92 Å². The molecule has 2 aromatic carbocycles. The van der Waals surface area contributed by atoms with Crippen LogP contribution in [0, 0.1) is 5.92 Å². The van der Waals surface area contributed by atoms with Gasteiger partial charge in [0.25, 0.3) is 0 Å². The van der Waals surface area contributed by atoms with Crippen LogP contribution in [0.4, 0.5) is 0 Å². The smallest absolute Gasteiger partial charge is 0.122 e. The van der Waals surface area contributed by atoms with E-state index in [0.717, 1.165) is 56.1 Å². The topological polar surface area (TPSA) is 42.5 Å². The molecule has 0 amide bonds. The van der Waals surface area contributed by atoms with E-state index in [1.807, 2.05) is 13.8 Å².